The summed E-state index contributed by atoms with van der Waals surface area (Å²) >= 11 is 0. The molecule has 124 valence electrons. The van der Waals surface area contributed by atoms with Gasteiger partial charge in [-0.2, -0.15) is 0 Å². The summed E-state index contributed by atoms with van der Waals surface area (Å²) in [4.78, 5) is 6.77. The molecule has 0 radical (unpaired) electrons. The van der Waals surface area contributed by atoms with E-state index in [0.717, 1.165) is 31.6 Å². The van der Waals surface area contributed by atoms with Gasteiger partial charge in [0.25, 0.3) is 0 Å². The van der Waals surface area contributed by atoms with Crippen molar-refractivity contribution in [2.24, 2.45) is 0 Å². The Labute approximate surface area is 138 Å². The zero-order valence-electron chi connectivity index (χ0n) is 13.6. The molecule has 6 heteroatoms. The minimum absolute atomic E-state index is 0.290. The summed E-state index contributed by atoms with van der Waals surface area (Å²) in [5.74, 6) is 0. The fourth-order valence-electron chi connectivity index (χ4n) is 2.43. The molecule has 0 bridgehead atoms. The van der Waals surface area contributed by atoms with Crippen LogP contribution < -0.4 is 4.72 Å². The van der Waals surface area contributed by atoms with Crippen LogP contribution in [0.3, 0.4) is 0 Å². The first-order valence-corrected chi connectivity index (χ1v) is 9.17. The van der Waals surface area contributed by atoms with Crippen molar-refractivity contribution in [3.05, 3.63) is 59.9 Å². The average molecular weight is 333 g/mol. The smallest absolute Gasteiger partial charge is 0.240 e. The summed E-state index contributed by atoms with van der Waals surface area (Å²) in [6.07, 6.45) is 4.71. The second-order valence-corrected chi connectivity index (χ2v) is 7.31. The van der Waals surface area contributed by atoms with Crippen LogP contribution >= 0.6 is 0 Å². The van der Waals surface area contributed by atoms with Gasteiger partial charge in [0.05, 0.1) is 4.90 Å². The first kappa shape index (κ1) is 17.6. The lowest BCUT2D eigenvalue weighted by atomic mass is 10.2. The van der Waals surface area contributed by atoms with Crippen LogP contribution in [-0.2, 0) is 23.1 Å². The van der Waals surface area contributed by atoms with E-state index in [9.17, 15) is 8.42 Å². The monoisotopic (exact) mass is 333 g/mol. The summed E-state index contributed by atoms with van der Waals surface area (Å²) in [5.41, 5.74) is 2.27. The molecule has 0 amide bonds. The fraction of sp³-hybridized carbons (Fsp3) is 0.353. The molecule has 0 atom stereocenters. The van der Waals surface area contributed by atoms with Gasteiger partial charge in [-0.15, -0.1) is 0 Å². The van der Waals surface area contributed by atoms with Gasteiger partial charge in [-0.05, 0) is 49.3 Å². The van der Waals surface area contributed by atoms with Gasteiger partial charge in [0.15, 0.2) is 0 Å². The Morgan fingerprint density at radius 1 is 1.09 bits per heavy atom. The molecule has 1 N–H and O–H groups in total. The second-order valence-electron chi connectivity index (χ2n) is 5.42. The molecule has 0 fully saturated rings. The van der Waals surface area contributed by atoms with Crippen LogP contribution in [0.5, 0.6) is 0 Å². The van der Waals surface area contributed by atoms with Crippen molar-refractivity contribution >= 4 is 10.0 Å². The lowest BCUT2D eigenvalue weighted by molar-refractivity contribution is 0.257. The molecular formula is C17H23N3O2S. The van der Waals surface area contributed by atoms with Gasteiger partial charge >= 0.3 is 0 Å². The molecule has 1 heterocycles. The Balaban J connectivity index is 2.08. The summed E-state index contributed by atoms with van der Waals surface area (Å²) < 4.78 is 25.8. The third-order valence-electron chi connectivity index (χ3n) is 3.58. The van der Waals surface area contributed by atoms with E-state index in [1.807, 2.05) is 24.4 Å². The second kappa shape index (κ2) is 8.19. The molecule has 23 heavy (non-hydrogen) atoms. The van der Waals surface area contributed by atoms with Gasteiger partial charge in [-0.1, -0.05) is 25.1 Å². The van der Waals surface area contributed by atoms with Gasteiger partial charge in [-0.3, -0.25) is 9.88 Å². The predicted molar refractivity (Wildman–Crippen MR) is 91.3 cm³/mol. The Kier molecular flexibility index (Phi) is 6.27. The standard InChI is InChI=1S/C17H23N3O2S/c1-3-11-20(14-16-5-4-10-19-12-16)13-15-6-8-17(9-7-15)23(21,22)18-2/h4-10,12,18H,3,11,13-14H2,1-2H3. The van der Waals surface area contributed by atoms with Crippen LogP contribution in [0.1, 0.15) is 24.5 Å². The number of sulfonamides is 1. The maximum absolute atomic E-state index is 11.7. The highest BCUT2D eigenvalue weighted by molar-refractivity contribution is 7.89. The van der Waals surface area contributed by atoms with E-state index < -0.39 is 10.0 Å². The Hall–Kier alpha value is -1.76. The van der Waals surface area contributed by atoms with Crippen LogP contribution in [-0.4, -0.2) is 31.9 Å². The maximum Gasteiger partial charge on any atom is 0.240 e. The number of nitrogens with zero attached hydrogens (tertiary/aromatic N) is 2. The normalized spacial score (nSPS) is 11.8. The minimum Gasteiger partial charge on any atom is -0.295 e. The summed E-state index contributed by atoms with van der Waals surface area (Å²) in [6.45, 7) is 4.74. The first-order valence-electron chi connectivity index (χ1n) is 7.69. The molecule has 2 rings (SSSR count). The zero-order valence-corrected chi connectivity index (χ0v) is 14.4. The van der Waals surface area contributed by atoms with E-state index in [2.05, 4.69) is 27.6 Å². The Morgan fingerprint density at radius 3 is 2.35 bits per heavy atom. The molecule has 0 aliphatic heterocycles. The van der Waals surface area contributed by atoms with Crippen LogP contribution in [0.15, 0.2) is 53.7 Å². The van der Waals surface area contributed by atoms with E-state index >= 15 is 0 Å². The molecule has 1 aromatic carbocycles. The van der Waals surface area contributed by atoms with Crippen molar-refractivity contribution < 1.29 is 8.42 Å². The third-order valence-corrected chi connectivity index (χ3v) is 5.01. The lowest BCUT2D eigenvalue weighted by Gasteiger charge is -2.22. The van der Waals surface area contributed by atoms with Crippen molar-refractivity contribution in [3.8, 4) is 0 Å². The molecule has 0 saturated heterocycles. The van der Waals surface area contributed by atoms with Gasteiger partial charge in [-0.25, -0.2) is 13.1 Å². The van der Waals surface area contributed by atoms with Crippen molar-refractivity contribution in [2.45, 2.75) is 31.3 Å². The quantitative estimate of drug-likeness (QED) is 0.806. The van der Waals surface area contributed by atoms with Crippen molar-refractivity contribution in [3.63, 3.8) is 0 Å². The number of benzene rings is 1. The van der Waals surface area contributed by atoms with Crippen molar-refractivity contribution in [1.82, 2.24) is 14.6 Å². The number of rotatable bonds is 8. The summed E-state index contributed by atoms with van der Waals surface area (Å²) in [6, 6.07) is 11.0. The van der Waals surface area contributed by atoms with Crippen LogP contribution in [0.2, 0.25) is 0 Å². The SMILES string of the molecule is CCCN(Cc1ccc(S(=O)(=O)NC)cc1)Cc1cccnc1. The first-order chi connectivity index (χ1) is 11.0. The number of pyridine rings is 1. The van der Waals surface area contributed by atoms with Gasteiger partial charge in [0.2, 0.25) is 10.0 Å². The van der Waals surface area contributed by atoms with Crippen LogP contribution in [0.25, 0.3) is 0 Å². The molecule has 0 saturated carbocycles. The molecule has 0 unspecified atom stereocenters. The summed E-state index contributed by atoms with van der Waals surface area (Å²) in [7, 11) is -1.96. The molecular weight excluding hydrogens is 310 g/mol. The van der Waals surface area contributed by atoms with Gasteiger partial charge in [0.1, 0.15) is 0 Å². The largest absolute Gasteiger partial charge is 0.295 e. The van der Waals surface area contributed by atoms with E-state index in [4.69, 9.17) is 0 Å². The molecule has 5 nitrogen and oxygen atoms in total. The molecule has 0 spiro atoms. The third kappa shape index (κ3) is 5.13. The highest BCUT2D eigenvalue weighted by atomic mass is 32.2. The number of nitrogens with one attached hydrogen (secondary N) is 1. The average Bonchev–Trinajstić information content (AvgIpc) is 2.56. The zero-order chi connectivity index (χ0) is 16.7. The lowest BCUT2D eigenvalue weighted by Crippen LogP contribution is -2.24. The van der Waals surface area contributed by atoms with E-state index in [-0.39, 0.29) is 4.90 Å². The Bertz CT molecular complexity index is 700. The van der Waals surface area contributed by atoms with E-state index in [1.165, 1.54) is 12.6 Å². The van der Waals surface area contributed by atoms with Crippen molar-refractivity contribution in [1.29, 1.82) is 0 Å². The summed E-state index contributed by atoms with van der Waals surface area (Å²) in [5, 5.41) is 0. The van der Waals surface area contributed by atoms with Gasteiger partial charge in [0, 0.05) is 25.5 Å². The topological polar surface area (TPSA) is 62.3 Å². The molecule has 1 aromatic heterocycles. The van der Waals surface area contributed by atoms with E-state index in [0.29, 0.717) is 0 Å². The van der Waals surface area contributed by atoms with Gasteiger partial charge < -0.3 is 0 Å². The van der Waals surface area contributed by atoms with Crippen LogP contribution in [0.4, 0.5) is 0 Å². The number of aromatic nitrogens is 1. The van der Waals surface area contributed by atoms with Crippen LogP contribution in [0, 0.1) is 0 Å². The minimum atomic E-state index is -3.37. The number of hydrogen-bond acceptors (Lipinski definition) is 4. The molecule has 0 aliphatic carbocycles. The molecule has 0 aliphatic rings. The van der Waals surface area contributed by atoms with Crippen molar-refractivity contribution in [2.75, 3.05) is 13.6 Å². The fourth-order valence-corrected chi connectivity index (χ4v) is 3.16. The highest BCUT2D eigenvalue weighted by Gasteiger charge is 2.11. The highest BCUT2D eigenvalue weighted by Crippen LogP contribution is 2.14. The Morgan fingerprint density at radius 2 is 1.78 bits per heavy atom. The number of hydrogen-bond donors (Lipinski definition) is 1. The predicted octanol–water partition coefficient (Wildman–Crippen LogP) is 2.40. The van der Waals surface area contributed by atoms with E-state index in [1.54, 1.807) is 18.3 Å². The maximum atomic E-state index is 11.7. The molecule has 2 aromatic rings.